The topological polar surface area (TPSA) is 117 Å². The number of urea groups is 2. The molecule has 2 aromatic rings. The number of hydrogen-bond donors (Lipinski definition) is 3. The zero-order valence-corrected chi connectivity index (χ0v) is 29.3. The minimum Gasteiger partial charge on any atom is -0.397 e. The smallest absolute Gasteiger partial charge is 0.397 e. The monoisotopic (exact) mass is 754 g/mol. The molecule has 4 aliphatic rings. The van der Waals surface area contributed by atoms with E-state index in [9.17, 15) is 27.6 Å². The molecule has 1 aromatic heterocycles. The third-order valence-corrected chi connectivity index (χ3v) is 11.7. The Bertz CT molecular complexity index is 1500. The number of nitrogens with two attached hydrogens (primary N) is 1. The molecule has 3 saturated heterocycles. The molecule has 11 nitrogen and oxygen atoms in total. The Morgan fingerprint density at radius 2 is 1.67 bits per heavy atom. The van der Waals surface area contributed by atoms with Gasteiger partial charge in [-0.15, -0.1) is 11.3 Å². The van der Waals surface area contributed by atoms with E-state index >= 15 is 0 Å². The standard InChI is InChI=1S/C32H42BrF3N8O3S/c1-40-11-13-41(14-12-40)21-2-7-42(8-3-21)29(45)26(18-20-16-23(32(34,35)36)28(37)24(33)17-20)39-30(46)43-9-4-22(5-10-43)44-19-27-25(6-15-48-27)38-31(44)47/h6,15-17,21-22,26H,2-5,7-14,18-19,37H2,1H3,(H,38,47)(H,39,46)/t26-/m1/s1. The molecule has 1 aromatic carbocycles. The lowest BCUT2D eigenvalue weighted by molar-refractivity contribution is -0.137. The van der Waals surface area contributed by atoms with Gasteiger partial charge in [-0.05, 0) is 77.8 Å². The summed E-state index contributed by atoms with van der Waals surface area (Å²) in [6.45, 7) is 6.26. The number of carbonyl (C=O) groups excluding carboxylic acids is 3. The van der Waals surface area contributed by atoms with Crippen molar-refractivity contribution in [2.24, 2.45) is 0 Å². The molecule has 0 spiro atoms. The number of halogens is 4. The molecule has 262 valence electrons. The van der Waals surface area contributed by atoms with Gasteiger partial charge in [0.1, 0.15) is 6.04 Å². The number of fused-ring (bicyclic) bond motifs is 1. The fourth-order valence-corrected chi connectivity index (χ4v) is 8.56. The van der Waals surface area contributed by atoms with Crippen LogP contribution >= 0.6 is 27.3 Å². The number of nitrogen functional groups attached to an aromatic ring is 1. The summed E-state index contributed by atoms with van der Waals surface area (Å²) >= 11 is 4.74. The second-order valence-corrected chi connectivity index (χ2v) is 15.0. The molecule has 6 rings (SSSR count). The van der Waals surface area contributed by atoms with Crippen molar-refractivity contribution in [3.05, 3.63) is 44.1 Å². The average Bonchev–Trinajstić information content (AvgIpc) is 3.52. The van der Waals surface area contributed by atoms with Gasteiger partial charge < -0.3 is 36.0 Å². The van der Waals surface area contributed by atoms with E-state index in [2.05, 4.69) is 43.4 Å². The summed E-state index contributed by atoms with van der Waals surface area (Å²) in [6, 6.07) is 2.97. The van der Waals surface area contributed by atoms with E-state index in [1.54, 1.807) is 21.1 Å². The number of amides is 5. The van der Waals surface area contributed by atoms with Crippen LogP contribution in [0, 0.1) is 0 Å². The Balaban J connectivity index is 1.13. The molecule has 0 unspecified atom stereocenters. The Morgan fingerprint density at radius 3 is 2.33 bits per heavy atom. The van der Waals surface area contributed by atoms with Crippen LogP contribution in [-0.2, 0) is 23.9 Å². The first kappa shape index (κ1) is 34.8. The minimum absolute atomic E-state index is 0.0451. The van der Waals surface area contributed by atoms with Gasteiger partial charge in [0.2, 0.25) is 5.91 Å². The number of rotatable bonds is 6. The highest BCUT2D eigenvalue weighted by Crippen LogP contribution is 2.38. The molecule has 48 heavy (non-hydrogen) atoms. The molecule has 4 aliphatic heterocycles. The average molecular weight is 756 g/mol. The summed E-state index contributed by atoms with van der Waals surface area (Å²) in [6.07, 6.45) is -2.08. The van der Waals surface area contributed by atoms with Crippen LogP contribution < -0.4 is 16.4 Å². The van der Waals surface area contributed by atoms with Crippen molar-refractivity contribution < 1.29 is 27.6 Å². The molecular formula is C32H42BrF3N8O3S. The molecule has 1 atom stereocenters. The van der Waals surface area contributed by atoms with Gasteiger partial charge in [0.05, 0.1) is 23.5 Å². The number of hydrogen-bond acceptors (Lipinski definition) is 7. The third-order valence-electron chi connectivity index (χ3n) is 10.1. The Hall–Kier alpha value is -3.08. The van der Waals surface area contributed by atoms with Gasteiger partial charge >= 0.3 is 18.2 Å². The zero-order chi connectivity index (χ0) is 34.2. The summed E-state index contributed by atoms with van der Waals surface area (Å²) in [5.74, 6) is -0.312. The van der Waals surface area contributed by atoms with Gasteiger partial charge in [0.15, 0.2) is 0 Å². The lowest BCUT2D eigenvalue weighted by Gasteiger charge is -2.43. The predicted octanol–water partition coefficient (Wildman–Crippen LogP) is 4.48. The number of anilines is 2. The summed E-state index contributed by atoms with van der Waals surface area (Å²) in [7, 11) is 2.11. The van der Waals surface area contributed by atoms with Crippen LogP contribution in [0.5, 0.6) is 0 Å². The van der Waals surface area contributed by atoms with Gasteiger partial charge in [0.25, 0.3) is 0 Å². The van der Waals surface area contributed by atoms with Crippen molar-refractivity contribution >= 4 is 56.6 Å². The van der Waals surface area contributed by atoms with Crippen molar-refractivity contribution in [2.75, 3.05) is 70.5 Å². The number of piperidine rings is 2. The van der Waals surface area contributed by atoms with Crippen LogP contribution in [0.1, 0.15) is 41.7 Å². The number of nitrogens with one attached hydrogen (secondary N) is 2. The number of thiophene rings is 1. The van der Waals surface area contributed by atoms with Gasteiger partial charge in [-0.1, -0.05) is 0 Å². The molecular weight excluding hydrogens is 713 g/mol. The van der Waals surface area contributed by atoms with E-state index < -0.39 is 29.5 Å². The van der Waals surface area contributed by atoms with E-state index in [4.69, 9.17) is 5.73 Å². The summed E-state index contributed by atoms with van der Waals surface area (Å²) in [4.78, 5) is 51.4. The van der Waals surface area contributed by atoms with E-state index in [0.29, 0.717) is 51.6 Å². The Labute approximate surface area is 290 Å². The van der Waals surface area contributed by atoms with Crippen molar-refractivity contribution in [1.29, 1.82) is 0 Å². The molecule has 0 radical (unpaired) electrons. The highest BCUT2D eigenvalue weighted by Gasteiger charge is 2.38. The van der Waals surface area contributed by atoms with Crippen LogP contribution in [0.4, 0.5) is 34.1 Å². The fraction of sp³-hybridized carbons (Fsp3) is 0.594. The van der Waals surface area contributed by atoms with Gasteiger partial charge in [-0.2, -0.15) is 13.2 Å². The number of likely N-dealkylation sites (N-methyl/N-ethyl adjacent to an activating group) is 1. The lowest BCUT2D eigenvalue weighted by Crippen LogP contribution is -2.58. The van der Waals surface area contributed by atoms with Crippen LogP contribution in [0.3, 0.4) is 0 Å². The van der Waals surface area contributed by atoms with Crippen LogP contribution in [0.15, 0.2) is 28.1 Å². The molecule has 0 saturated carbocycles. The largest absolute Gasteiger partial charge is 0.418 e. The third kappa shape index (κ3) is 7.71. The molecule has 5 amide bonds. The molecule has 5 heterocycles. The summed E-state index contributed by atoms with van der Waals surface area (Å²) in [5.41, 5.74) is 5.40. The fourth-order valence-electron chi connectivity index (χ4n) is 7.22. The molecule has 4 N–H and O–H groups in total. The van der Waals surface area contributed by atoms with Crippen molar-refractivity contribution in [3.63, 3.8) is 0 Å². The van der Waals surface area contributed by atoms with Crippen LogP contribution in [0.2, 0.25) is 0 Å². The molecule has 16 heteroatoms. The maximum atomic E-state index is 14.0. The van der Waals surface area contributed by atoms with E-state index in [1.807, 2.05) is 16.3 Å². The minimum atomic E-state index is -4.68. The van der Waals surface area contributed by atoms with E-state index in [0.717, 1.165) is 55.7 Å². The second kappa shape index (κ2) is 14.4. The van der Waals surface area contributed by atoms with E-state index in [1.165, 1.54) is 6.07 Å². The number of likely N-dealkylation sites (tertiary alicyclic amines) is 2. The van der Waals surface area contributed by atoms with Crippen LogP contribution in [0.25, 0.3) is 0 Å². The number of piperazine rings is 1. The Kier molecular flexibility index (Phi) is 10.4. The predicted molar refractivity (Wildman–Crippen MR) is 182 cm³/mol. The quantitative estimate of drug-likeness (QED) is 0.375. The van der Waals surface area contributed by atoms with Crippen LogP contribution in [-0.4, -0.2) is 120 Å². The number of alkyl halides is 3. The SMILES string of the molecule is CN1CCN(C2CCN(C(=O)[C@@H](Cc3cc(Br)c(N)c(C(F)(F)F)c3)NC(=O)N3CCC(N4Cc5sccc5NC4=O)CC3)CC2)CC1. The van der Waals surface area contributed by atoms with Crippen molar-refractivity contribution in [1.82, 2.24) is 29.8 Å². The first-order chi connectivity index (χ1) is 22.9. The normalized spacial score (nSPS) is 21.2. The number of carbonyl (C=O) groups is 3. The highest BCUT2D eigenvalue weighted by atomic mass is 79.9. The van der Waals surface area contributed by atoms with Crippen molar-refractivity contribution in [2.45, 2.75) is 63.0 Å². The van der Waals surface area contributed by atoms with Gasteiger partial charge in [-0.25, -0.2) is 9.59 Å². The van der Waals surface area contributed by atoms with E-state index in [-0.39, 0.29) is 34.4 Å². The first-order valence-electron chi connectivity index (χ1n) is 16.4. The molecule has 0 bridgehead atoms. The van der Waals surface area contributed by atoms with Crippen molar-refractivity contribution in [3.8, 4) is 0 Å². The summed E-state index contributed by atoms with van der Waals surface area (Å²) in [5, 5.41) is 7.76. The molecule has 3 fully saturated rings. The maximum Gasteiger partial charge on any atom is 0.418 e. The lowest BCUT2D eigenvalue weighted by atomic mass is 9.98. The number of nitrogens with zero attached hydrogens (tertiary/aromatic N) is 5. The van der Waals surface area contributed by atoms with Gasteiger partial charge in [-0.3, -0.25) is 9.69 Å². The molecule has 0 aliphatic carbocycles. The zero-order valence-electron chi connectivity index (χ0n) is 26.9. The summed E-state index contributed by atoms with van der Waals surface area (Å²) < 4.78 is 41.5. The maximum absolute atomic E-state index is 14.0. The second-order valence-electron chi connectivity index (χ2n) is 13.2. The first-order valence-corrected chi connectivity index (χ1v) is 18.1. The van der Waals surface area contributed by atoms with Gasteiger partial charge in [0, 0.05) is 80.2 Å². The Morgan fingerprint density at radius 1 is 1.02 bits per heavy atom. The highest BCUT2D eigenvalue weighted by molar-refractivity contribution is 9.10. The number of benzene rings is 1.